The van der Waals surface area contributed by atoms with Crippen LogP contribution >= 0.6 is 0 Å². The number of carbonyl (C=O) groups excluding carboxylic acids is 1. The SMILES string of the molecule is CC(CC(=O)NCCc1ncn(C)n1)c1ccc(N)cc1. The molecule has 2 aromatic rings. The fourth-order valence-corrected chi connectivity index (χ4v) is 2.10. The first-order valence-electron chi connectivity index (χ1n) is 7.01. The predicted molar refractivity (Wildman–Crippen MR) is 81.6 cm³/mol. The van der Waals surface area contributed by atoms with E-state index in [1.54, 1.807) is 11.0 Å². The molecule has 0 saturated heterocycles. The molecule has 1 heterocycles. The van der Waals surface area contributed by atoms with Crippen molar-refractivity contribution in [3.8, 4) is 0 Å². The van der Waals surface area contributed by atoms with Crippen LogP contribution in [-0.4, -0.2) is 27.2 Å². The second-order valence-corrected chi connectivity index (χ2v) is 5.21. The number of nitrogens with one attached hydrogen (secondary N) is 1. The van der Waals surface area contributed by atoms with E-state index in [2.05, 4.69) is 15.4 Å². The van der Waals surface area contributed by atoms with E-state index in [0.717, 1.165) is 17.1 Å². The minimum atomic E-state index is 0.0373. The standard InChI is InChI=1S/C15H21N5O/c1-11(12-3-5-13(16)6-4-12)9-15(21)17-8-7-14-18-10-20(2)19-14/h3-6,10-11H,7-9,16H2,1-2H3,(H,17,21). The smallest absolute Gasteiger partial charge is 0.220 e. The Bertz CT molecular complexity index is 590. The van der Waals surface area contributed by atoms with E-state index in [1.807, 2.05) is 38.2 Å². The van der Waals surface area contributed by atoms with Gasteiger partial charge in [0, 0.05) is 32.1 Å². The highest BCUT2D eigenvalue weighted by Crippen LogP contribution is 2.19. The zero-order valence-electron chi connectivity index (χ0n) is 12.4. The van der Waals surface area contributed by atoms with E-state index in [1.165, 1.54) is 0 Å². The van der Waals surface area contributed by atoms with Crippen molar-refractivity contribution in [2.75, 3.05) is 12.3 Å². The summed E-state index contributed by atoms with van der Waals surface area (Å²) in [7, 11) is 1.82. The third-order valence-electron chi connectivity index (χ3n) is 3.31. The maximum absolute atomic E-state index is 11.9. The Morgan fingerprint density at radius 2 is 2.10 bits per heavy atom. The van der Waals surface area contributed by atoms with Gasteiger partial charge in [-0.2, -0.15) is 5.10 Å². The summed E-state index contributed by atoms with van der Waals surface area (Å²) in [6, 6.07) is 7.64. The van der Waals surface area contributed by atoms with Crippen LogP contribution in [0, 0.1) is 0 Å². The molecule has 0 aliphatic heterocycles. The number of aromatic nitrogens is 3. The normalized spacial score (nSPS) is 12.1. The monoisotopic (exact) mass is 287 g/mol. The van der Waals surface area contributed by atoms with Crippen LogP contribution in [0.5, 0.6) is 0 Å². The largest absolute Gasteiger partial charge is 0.399 e. The van der Waals surface area contributed by atoms with Crippen molar-refractivity contribution < 1.29 is 4.79 Å². The van der Waals surface area contributed by atoms with Gasteiger partial charge in [-0.25, -0.2) is 4.98 Å². The molecule has 6 heteroatoms. The van der Waals surface area contributed by atoms with E-state index in [0.29, 0.717) is 19.4 Å². The molecule has 0 aliphatic carbocycles. The zero-order valence-corrected chi connectivity index (χ0v) is 12.4. The summed E-state index contributed by atoms with van der Waals surface area (Å²) >= 11 is 0. The van der Waals surface area contributed by atoms with Gasteiger partial charge in [0.1, 0.15) is 6.33 Å². The highest BCUT2D eigenvalue weighted by atomic mass is 16.1. The molecule has 1 unspecified atom stereocenters. The van der Waals surface area contributed by atoms with Crippen LogP contribution in [-0.2, 0) is 18.3 Å². The molecular formula is C15H21N5O. The lowest BCUT2D eigenvalue weighted by Gasteiger charge is -2.12. The molecule has 112 valence electrons. The van der Waals surface area contributed by atoms with Crippen LogP contribution in [0.25, 0.3) is 0 Å². The number of aryl methyl sites for hydroxylation is 1. The van der Waals surface area contributed by atoms with Crippen molar-refractivity contribution >= 4 is 11.6 Å². The second-order valence-electron chi connectivity index (χ2n) is 5.21. The summed E-state index contributed by atoms with van der Waals surface area (Å²) in [4.78, 5) is 16.0. The fourth-order valence-electron chi connectivity index (χ4n) is 2.10. The molecule has 1 atom stereocenters. The highest BCUT2D eigenvalue weighted by Gasteiger charge is 2.11. The van der Waals surface area contributed by atoms with Gasteiger partial charge in [-0.3, -0.25) is 9.48 Å². The molecule has 6 nitrogen and oxygen atoms in total. The quantitative estimate of drug-likeness (QED) is 0.783. The molecule has 0 spiro atoms. The predicted octanol–water partition coefficient (Wildman–Crippen LogP) is 1.25. The van der Waals surface area contributed by atoms with Gasteiger partial charge in [-0.1, -0.05) is 19.1 Å². The number of nitrogens with zero attached hydrogens (tertiary/aromatic N) is 3. The first kappa shape index (κ1) is 15.0. The van der Waals surface area contributed by atoms with Crippen molar-refractivity contribution in [3.05, 3.63) is 42.0 Å². The molecule has 0 bridgehead atoms. The van der Waals surface area contributed by atoms with Gasteiger partial charge < -0.3 is 11.1 Å². The van der Waals surface area contributed by atoms with E-state index in [4.69, 9.17) is 5.73 Å². The maximum Gasteiger partial charge on any atom is 0.220 e. The average molecular weight is 287 g/mol. The number of nitrogens with two attached hydrogens (primary N) is 1. The van der Waals surface area contributed by atoms with Crippen molar-refractivity contribution in [2.24, 2.45) is 7.05 Å². The maximum atomic E-state index is 11.9. The third-order valence-corrected chi connectivity index (χ3v) is 3.31. The van der Waals surface area contributed by atoms with Crippen molar-refractivity contribution in [2.45, 2.75) is 25.7 Å². The molecule has 0 saturated carbocycles. The van der Waals surface area contributed by atoms with Crippen LogP contribution < -0.4 is 11.1 Å². The molecule has 3 N–H and O–H groups in total. The molecule has 21 heavy (non-hydrogen) atoms. The van der Waals surface area contributed by atoms with Gasteiger partial charge in [0.15, 0.2) is 5.82 Å². The van der Waals surface area contributed by atoms with Crippen molar-refractivity contribution in [1.82, 2.24) is 20.1 Å². The van der Waals surface area contributed by atoms with Gasteiger partial charge >= 0.3 is 0 Å². The summed E-state index contributed by atoms with van der Waals surface area (Å²) in [5.41, 5.74) is 7.51. The Kier molecular flexibility index (Phi) is 4.92. The molecule has 0 aliphatic rings. The molecule has 1 amide bonds. The summed E-state index contributed by atoms with van der Waals surface area (Å²) in [6.07, 6.45) is 2.75. The summed E-state index contributed by atoms with van der Waals surface area (Å²) in [5.74, 6) is 0.943. The van der Waals surface area contributed by atoms with E-state index >= 15 is 0 Å². The lowest BCUT2D eigenvalue weighted by Crippen LogP contribution is -2.27. The lowest BCUT2D eigenvalue weighted by molar-refractivity contribution is -0.121. The van der Waals surface area contributed by atoms with E-state index in [-0.39, 0.29) is 11.8 Å². The Balaban J connectivity index is 1.75. The Hall–Kier alpha value is -2.37. The summed E-state index contributed by atoms with van der Waals surface area (Å²) < 4.78 is 1.65. The summed E-state index contributed by atoms with van der Waals surface area (Å²) in [6.45, 7) is 2.59. The molecule has 1 aromatic carbocycles. The number of hydrogen-bond donors (Lipinski definition) is 2. The molecule has 2 rings (SSSR count). The Labute approximate surface area is 124 Å². The molecule has 0 radical (unpaired) electrons. The lowest BCUT2D eigenvalue weighted by atomic mass is 9.97. The highest BCUT2D eigenvalue weighted by molar-refractivity contribution is 5.76. The number of hydrogen-bond acceptors (Lipinski definition) is 4. The van der Waals surface area contributed by atoms with Gasteiger partial charge in [-0.05, 0) is 23.6 Å². The van der Waals surface area contributed by atoms with Crippen LogP contribution in [0.2, 0.25) is 0 Å². The van der Waals surface area contributed by atoms with Crippen LogP contribution in [0.4, 0.5) is 5.69 Å². The number of benzene rings is 1. The van der Waals surface area contributed by atoms with Gasteiger partial charge in [0.05, 0.1) is 0 Å². The molecule has 1 aromatic heterocycles. The van der Waals surface area contributed by atoms with Crippen LogP contribution in [0.3, 0.4) is 0 Å². The number of rotatable bonds is 6. The minimum Gasteiger partial charge on any atom is -0.399 e. The van der Waals surface area contributed by atoms with Crippen molar-refractivity contribution in [1.29, 1.82) is 0 Å². The van der Waals surface area contributed by atoms with Crippen LogP contribution in [0.1, 0.15) is 30.7 Å². The van der Waals surface area contributed by atoms with Gasteiger partial charge in [-0.15, -0.1) is 0 Å². The first-order chi connectivity index (χ1) is 10.0. The number of anilines is 1. The molecule has 0 fully saturated rings. The molecular weight excluding hydrogens is 266 g/mol. The number of nitrogen functional groups attached to an aromatic ring is 1. The van der Waals surface area contributed by atoms with E-state index < -0.39 is 0 Å². The zero-order chi connectivity index (χ0) is 15.2. The third kappa shape index (κ3) is 4.59. The number of carbonyl (C=O) groups is 1. The minimum absolute atomic E-state index is 0.0373. The summed E-state index contributed by atoms with van der Waals surface area (Å²) in [5, 5.41) is 7.07. The van der Waals surface area contributed by atoms with Gasteiger partial charge in [0.25, 0.3) is 0 Å². The van der Waals surface area contributed by atoms with E-state index in [9.17, 15) is 4.79 Å². The average Bonchev–Trinajstić information content (AvgIpc) is 2.85. The second kappa shape index (κ2) is 6.88. The first-order valence-corrected chi connectivity index (χ1v) is 7.01. The Morgan fingerprint density at radius 1 is 1.38 bits per heavy atom. The van der Waals surface area contributed by atoms with Crippen LogP contribution in [0.15, 0.2) is 30.6 Å². The van der Waals surface area contributed by atoms with Crippen molar-refractivity contribution in [3.63, 3.8) is 0 Å². The Morgan fingerprint density at radius 3 is 2.71 bits per heavy atom. The fraction of sp³-hybridized carbons (Fsp3) is 0.400. The topological polar surface area (TPSA) is 85.8 Å². The number of amides is 1. The van der Waals surface area contributed by atoms with Gasteiger partial charge in [0.2, 0.25) is 5.91 Å².